The number of nitrogens with one attached hydrogen (secondary N) is 1. The topological polar surface area (TPSA) is 78.4 Å². The number of amides is 3. The first kappa shape index (κ1) is 22.0. The summed E-state index contributed by atoms with van der Waals surface area (Å²) in [6, 6.07) is 6.93. The number of halogens is 2. The fourth-order valence-corrected chi connectivity index (χ4v) is 4.57. The fraction of sp³-hybridized carbons (Fsp3) is 0.217. The number of benzene rings is 1. The molecule has 1 aliphatic rings. The molecule has 1 aliphatic heterocycles. The van der Waals surface area contributed by atoms with E-state index >= 15 is 0 Å². The van der Waals surface area contributed by atoms with Gasteiger partial charge in [-0.3, -0.25) is 14.7 Å². The number of nitrogens with zero attached hydrogens (tertiary/aromatic N) is 4. The van der Waals surface area contributed by atoms with Crippen molar-refractivity contribution in [2.45, 2.75) is 13.8 Å². The van der Waals surface area contributed by atoms with Crippen molar-refractivity contribution in [3.8, 4) is 0 Å². The van der Waals surface area contributed by atoms with Crippen LogP contribution in [0, 0.1) is 13.8 Å². The summed E-state index contributed by atoms with van der Waals surface area (Å²) >= 11 is 12.4. The average molecular weight is 470 g/mol. The molecule has 3 aromatic rings. The summed E-state index contributed by atoms with van der Waals surface area (Å²) in [7, 11) is 0. The van der Waals surface area contributed by atoms with Crippen molar-refractivity contribution in [2.75, 3.05) is 29.9 Å². The highest BCUT2D eigenvalue weighted by atomic mass is 35.5. The van der Waals surface area contributed by atoms with Crippen LogP contribution in [-0.4, -0.2) is 46.4 Å². The number of hydrogen-bond donors (Lipinski definition) is 1. The normalized spacial score (nSPS) is 13.7. The Balaban J connectivity index is 1.74. The lowest BCUT2D eigenvalue weighted by molar-refractivity contribution is 0.102. The van der Waals surface area contributed by atoms with Gasteiger partial charge in [-0.05, 0) is 31.5 Å². The number of hydrogen-bond acceptors (Lipinski definition) is 4. The number of rotatable bonds is 5. The number of carbonyl (C=O) groups is 2. The molecule has 9 heteroatoms. The molecule has 4 rings (SSSR count). The van der Waals surface area contributed by atoms with E-state index in [0.717, 1.165) is 16.6 Å². The maximum Gasteiger partial charge on any atom is 0.324 e. The summed E-state index contributed by atoms with van der Waals surface area (Å²) in [6.45, 7) is 9.04. The lowest BCUT2D eigenvalue weighted by Gasteiger charge is -2.22. The zero-order valence-corrected chi connectivity index (χ0v) is 19.2. The molecule has 0 unspecified atom stereocenters. The Morgan fingerprint density at radius 3 is 2.78 bits per heavy atom. The van der Waals surface area contributed by atoms with E-state index in [1.54, 1.807) is 47.2 Å². The highest BCUT2D eigenvalue weighted by molar-refractivity contribution is 6.39. The zero-order valence-electron chi connectivity index (χ0n) is 17.7. The molecule has 0 atom stereocenters. The third-order valence-electron chi connectivity index (χ3n) is 5.30. The van der Waals surface area contributed by atoms with Gasteiger partial charge >= 0.3 is 6.03 Å². The second-order valence-electron chi connectivity index (χ2n) is 7.53. The summed E-state index contributed by atoms with van der Waals surface area (Å²) in [6.07, 6.45) is 3.41. The number of para-hydroxylation sites is 1. The van der Waals surface area contributed by atoms with Crippen molar-refractivity contribution in [1.82, 2.24) is 14.9 Å². The summed E-state index contributed by atoms with van der Waals surface area (Å²) in [4.78, 5) is 38.0. The lowest BCUT2D eigenvalue weighted by atomic mass is 10.1. The van der Waals surface area contributed by atoms with Gasteiger partial charge in [-0.1, -0.05) is 41.4 Å². The fourth-order valence-electron chi connectivity index (χ4n) is 3.87. The van der Waals surface area contributed by atoms with E-state index in [9.17, 15) is 9.59 Å². The number of fused-ring (bicyclic) bond motifs is 1. The molecule has 0 saturated carbocycles. The smallest absolute Gasteiger partial charge is 0.320 e. The van der Waals surface area contributed by atoms with Gasteiger partial charge in [0.1, 0.15) is 5.15 Å². The van der Waals surface area contributed by atoms with Crippen molar-refractivity contribution >= 4 is 57.4 Å². The predicted molar refractivity (Wildman–Crippen MR) is 128 cm³/mol. The molecular weight excluding hydrogens is 449 g/mol. The molecule has 0 bridgehead atoms. The van der Waals surface area contributed by atoms with Gasteiger partial charge in [-0.2, -0.15) is 0 Å². The van der Waals surface area contributed by atoms with Crippen LogP contribution in [0.2, 0.25) is 10.2 Å². The van der Waals surface area contributed by atoms with Crippen molar-refractivity contribution in [3.05, 3.63) is 70.1 Å². The Morgan fingerprint density at radius 1 is 1.28 bits per heavy atom. The highest BCUT2D eigenvalue weighted by Gasteiger charge is 2.31. The molecule has 3 amide bonds. The van der Waals surface area contributed by atoms with Crippen LogP contribution in [0.25, 0.3) is 10.9 Å². The second kappa shape index (κ2) is 8.76. The Morgan fingerprint density at radius 2 is 2.06 bits per heavy atom. The number of aromatic nitrogens is 2. The van der Waals surface area contributed by atoms with Crippen LogP contribution in [0.1, 0.15) is 21.6 Å². The van der Waals surface area contributed by atoms with Crippen molar-refractivity contribution in [3.63, 3.8) is 0 Å². The minimum absolute atomic E-state index is 0.0298. The van der Waals surface area contributed by atoms with Gasteiger partial charge in [-0.25, -0.2) is 9.78 Å². The first-order valence-corrected chi connectivity index (χ1v) is 10.8. The monoisotopic (exact) mass is 469 g/mol. The molecule has 0 spiro atoms. The second-order valence-corrected chi connectivity index (χ2v) is 8.29. The molecule has 0 aliphatic carbocycles. The van der Waals surface area contributed by atoms with Crippen LogP contribution in [0.3, 0.4) is 0 Å². The predicted octanol–water partition coefficient (Wildman–Crippen LogP) is 5.23. The SMILES string of the molecule is C=CCN1CCN(c2c(C)cnc3c(NC(=O)c4c(Cl)cc(C)nc4Cl)cccc23)C1=O. The molecule has 7 nitrogen and oxygen atoms in total. The third kappa shape index (κ3) is 3.89. The number of carbonyl (C=O) groups excluding carboxylic acids is 2. The Hall–Kier alpha value is -3.16. The minimum Gasteiger partial charge on any atom is -0.320 e. The van der Waals surface area contributed by atoms with Crippen LogP contribution in [-0.2, 0) is 0 Å². The number of anilines is 2. The molecule has 3 heterocycles. The van der Waals surface area contributed by atoms with E-state index in [-0.39, 0.29) is 21.8 Å². The molecule has 2 aromatic heterocycles. The molecule has 1 saturated heterocycles. The third-order valence-corrected chi connectivity index (χ3v) is 5.87. The van der Waals surface area contributed by atoms with Crippen LogP contribution in [0.4, 0.5) is 16.2 Å². The van der Waals surface area contributed by atoms with E-state index in [1.165, 1.54) is 0 Å². The van der Waals surface area contributed by atoms with E-state index in [1.807, 2.05) is 13.0 Å². The van der Waals surface area contributed by atoms with Gasteiger partial charge in [-0.15, -0.1) is 6.58 Å². The summed E-state index contributed by atoms with van der Waals surface area (Å²) in [5.74, 6) is -0.488. The Bertz CT molecular complexity index is 1240. The first-order chi connectivity index (χ1) is 15.3. The molecule has 0 radical (unpaired) electrons. The number of aryl methyl sites for hydroxylation is 2. The number of urea groups is 1. The molecule has 32 heavy (non-hydrogen) atoms. The van der Waals surface area contributed by atoms with Gasteiger partial charge in [0, 0.05) is 36.9 Å². The van der Waals surface area contributed by atoms with Gasteiger partial charge in [0.15, 0.2) is 0 Å². The Labute approximate surface area is 195 Å². The molecule has 1 aromatic carbocycles. The van der Waals surface area contributed by atoms with Gasteiger partial charge < -0.3 is 10.2 Å². The largest absolute Gasteiger partial charge is 0.324 e. The Kier molecular flexibility index (Phi) is 6.04. The van der Waals surface area contributed by atoms with Crippen LogP contribution in [0.15, 0.2) is 43.1 Å². The quantitative estimate of drug-likeness (QED) is 0.409. The zero-order chi connectivity index (χ0) is 23.0. The van der Waals surface area contributed by atoms with Crippen molar-refractivity contribution in [1.29, 1.82) is 0 Å². The van der Waals surface area contributed by atoms with E-state index < -0.39 is 5.91 Å². The van der Waals surface area contributed by atoms with E-state index in [2.05, 4.69) is 21.9 Å². The van der Waals surface area contributed by atoms with Crippen LogP contribution in [0.5, 0.6) is 0 Å². The standard InChI is InChI=1S/C23H21Cl2N5O2/c1-4-8-29-9-10-30(23(29)32)20-13(2)12-26-19-15(20)6-5-7-17(19)28-22(31)18-16(24)11-14(3)27-21(18)25/h4-7,11-12H,1,8-10H2,2-3H3,(H,28,31). The van der Waals surface area contributed by atoms with Crippen LogP contribution >= 0.6 is 23.2 Å². The van der Waals surface area contributed by atoms with Crippen molar-refractivity contribution in [2.24, 2.45) is 0 Å². The summed E-state index contributed by atoms with van der Waals surface area (Å²) < 4.78 is 0. The minimum atomic E-state index is -0.488. The summed E-state index contributed by atoms with van der Waals surface area (Å²) in [5.41, 5.74) is 3.39. The average Bonchev–Trinajstić information content (AvgIpc) is 3.07. The van der Waals surface area contributed by atoms with E-state index in [0.29, 0.717) is 36.5 Å². The molecular formula is C23H21Cl2N5O2. The van der Waals surface area contributed by atoms with E-state index in [4.69, 9.17) is 23.2 Å². The molecule has 1 fully saturated rings. The lowest BCUT2D eigenvalue weighted by Crippen LogP contribution is -2.32. The number of pyridine rings is 2. The molecule has 164 valence electrons. The maximum atomic E-state index is 13.0. The first-order valence-electron chi connectivity index (χ1n) is 10.0. The van der Waals surface area contributed by atoms with Crippen molar-refractivity contribution < 1.29 is 9.59 Å². The van der Waals surface area contributed by atoms with Gasteiger partial charge in [0.2, 0.25) is 0 Å². The van der Waals surface area contributed by atoms with Gasteiger partial charge in [0.25, 0.3) is 5.91 Å². The van der Waals surface area contributed by atoms with Gasteiger partial charge in [0.05, 0.1) is 27.5 Å². The summed E-state index contributed by atoms with van der Waals surface area (Å²) in [5, 5.41) is 3.85. The highest BCUT2D eigenvalue weighted by Crippen LogP contribution is 2.35. The van der Waals surface area contributed by atoms with Crippen LogP contribution < -0.4 is 10.2 Å². The maximum absolute atomic E-state index is 13.0. The molecule has 1 N–H and O–H groups in total.